The molecule has 0 spiro atoms. The second-order valence-corrected chi connectivity index (χ2v) is 15.3. The molecule has 49 heavy (non-hydrogen) atoms. The van der Waals surface area contributed by atoms with E-state index in [1.165, 1.54) is 128 Å². The smallest absolute Gasteiger partial charge is 0.169 e. The lowest BCUT2D eigenvalue weighted by atomic mass is 9.99. The van der Waals surface area contributed by atoms with Gasteiger partial charge >= 0.3 is 0 Å². The Balaban J connectivity index is 1.56. The lowest BCUT2D eigenvalue weighted by Crippen LogP contribution is -2.34. The first-order chi connectivity index (χ1) is 24.1. The summed E-state index contributed by atoms with van der Waals surface area (Å²) in [5.41, 5.74) is 0. The minimum absolute atomic E-state index is 0.286. The predicted octanol–water partition coefficient (Wildman–Crippen LogP) is 14.2. The molecular weight excluding hydrogens is 599 g/mol. The highest BCUT2D eigenvalue weighted by Gasteiger charge is 2.51. The molecule has 1 saturated carbocycles. The summed E-state index contributed by atoms with van der Waals surface area (Å²) in [4.78, 5) is 2.35. The molecule has 0 radical (unpaired) electrons. The van der Waals surface area contributed by atoms with Crippen LogP contribution in [0.1, 0.15) is 194 Å². The fourth-order valence-corrected chi connectivity index (χ4v) is 7.41. The van der Waals surface area contributed by atoms with Gasteiger partial charge in [0, 0.05) is 18.9 Å². The van der Waals surface area contributed by atoms with Gasteiger partial charge in [-0.25, -0.2) is 0 Å². The van der Waals surface area contributed by atoms with E-state index in [2.05, 4.69) is 93.6 Å². The average molecular weight is 680 g/mol. The fraction of sp³-hybridized carbons (Fsp3) is 0.783. The second-order valence-electron chi connectivity index (χ2n) is 15.3. The second kappa shape index (κ2) is 30.2. The molecule has 282 valence electrons. The summed E-state index contributed by atoms with van der Waals surface area (Å²) in [6.07, 6.45) is 59.1. The van der Waals surface area contributed by atoms with Crippen LogP contribution in [0.3, 0.4) is 0 Å². The van der Waals surface area contributed by atoms with Crippen molar-refractivity contribution < 1.29 is 9.47 Å². The maximum atomic E-state index is 6.82. The van der Waals surface area contributed by atoms with Crippen LogP contribution in [-0.2, 0) is 9.47 Å². The summed E-state index contributed by atoms with van der Waals surface area (Å²) in [6.45, 7) is 4.56. The summed E-state index contributed by atoms with van der Waals surface area (Å²) >= 11 is 0. The molecule has 0 aromatic heterocycles. The zero-order valence-electron chi connectivity index (χ0n) is 33.1. The van der Waals surface area contributed by atoms with Crippen molar-refractivity contribution in [1.29, 1.82) is 0 Å². The minimum Gasteiger partial charge on any atom is -0.344 e. The maximum absolute atomic E-state index is 6.82. The van der Waals surface area contributed by atoms with Crippen LogP contribution < -0.4 is 0 Å². The van der Waals surface area contributed by atoms with Crippen molar-refractivity contribution in [2.45, 2.75) is 218 Å². The molecule has 0 N–H and O–H groups in total. The highest BCUT2D eigenvalue weighted by molar-refractivity contribution is 4.98. The van der Waals surface area contributed by atoms with Crippen LogP contribution in [0.15, 0.2) is 60.8 Å². The van der Waals surface area contributed by atoms with E-state index in [0.717, 1.165) is 51.4 Å². The fourth-order valence-electron chi connectivity index (χ4n) is 7.41. The third-order valence-electron chi connectivity index (χ3n) is 10.6. The monoisotopic (exact) mass is 680 g/mol. The van der Waals surface area contributed by atoms with Gasteiger partial charge in [0.15, 0.2) is 5.79 Å². The van der Waals surface area contributed by atoms with Crippen molar-refractivity contribution in [1.82, 2.24) is 4.90 Å². The summed E-state index contributed by atoms with van der Waals surface area (Å²) < 4.78 is 13.6. The van der Waals surface area contributed by atoms with Gasteiger partial charge in [0.25, 0.3) is 0 Å². The molecule has 1 saturated heterocycles. The van der Waals surface area contributed by atoms with E-state index in [4.69, 9.17) is 9.47 Å². The molecule has 1 heterocycles. The molecule has 0 bridgehead atoms. The molecule has 2 fully saturated rings. The van der Waals surface area contributed by atoms with Gasteiger partial charge in [-0.1, -0.05) is 145 Å². The van der Waals surface area contributed by atoms with E-state index in [1.807, 2.05) is 0 Å². The maximum Gasteiger partial charge on any atom is 0.169 e. The van der Waals surface area contributed by atoms with Crippen LogP contribution in [0, 0.1) is 0 Å². The highest BCUT2D eigenvalue weighted by atomic mass is 16.8. The van der Waals surface area contributed by atoms with Crippen LogP contribution in [0.25, 0.3) is 0 Å². The molecule has 1 aliphatic heterocycles. The van der Waals surface area contributed by atoms with E-state index < -0.39 is 0 Å². The third kappa shape index (κ3) is 22.2. The normalized spacial score (nSPS) is 22.9. The summed E-state index contributed by atoms with van der Waals surface area (Å²) in [5, 5.41) is 0. The number of ether oxygens (including phenoxy) is 2. The standard InChI is InChI=1S/C46H81NO2/c1-5-7-9-11-13-15-17-19-21-23-24-26-28-30-32-34-36-38-40-46(48-44-41-43(47(3)4)42-45(44)49-46)39-37-35-33-31-29-27-25-22-20-18-16-14-12-10-8-6-2/h16-19,22-25,29,31,43-45H,5-15,20-21,26-28,30,32-42H2,1-4H3/b18-16-,19-17-,24-23-,25-22-,31-29-. The molecule has 2 atom stereocenters. The number of hydrogen-bond donors (Lipinski definition) is 0. The number of hydrogen-bond acceptors (Lipinski definition) is 3. The molecule has 2 unspecified atom stereocenters. The Morgan fingerprint density at radius 2 is 0.776 bits per heavy atom. The average Bonchev–Trinajstić information content (AvgIpc) is 3.64. The van der Waals surface area contributed by atoms with Crippen LogP contribution in [0.5, 0.6) is 0 Å². The van der Waals surface area contributed by atoms with Gasteiger partial charge in [0.1, 0.15) is 0 Å². The molecule has 1 aliphatic carbocycles. The lowest BCUT2D eigenvalue weighted by molar-refractivity contribution is -0.192. The van der Waals surface area contributed by atoms with Crippen molar-refractivity contribution in [3.05, 3.63) is 60.8 Å². The Labute approximate surface area is 306 Å². The first-order valence-electron chi connectivity index (χ1n) is 21.4. The first kappa shape index (κ1) is 43.7. The molecule has 0 aromatic carbocycles. The number of allylic oxidation sites excluding steroid dienone is 10. The Hall–Kier alpha value is -1.42. The number of unbranched alkanes of at least 4 members (excludes halogenated alkanes) is 17. The van der Waals surface area contributed by atoms with E-state index in [9.17, 15) is 0 Å². The number of rotatable bonds is 32. The van der Waals surface area contributed by atoms with E-state index in [1.54, 1.807) is 0 Å². The van der Waals surface area contributed by atoms with Crippen LogP contribution in [0.2, 0.25) is 0 Å². The van der Waals surface area contributed by atoms with Crippen molar-refractivity contribution in [3.63, 3.8) is 0 Å². The largest absolute Gasteiger partial charge is 0.344 e. The van der Waals surface area contributed by atoms with Gasteiger partial charge in [-0.2, -0.15) is 0 Å². The van der Waals surface area contributed by atoms with E-state index in [-0.39, 0.29) is 18.0 Å². The first-order valence-corrected chi connectivity index (χ1v) is 21.4. The quantitative estimate of drug-likeness (QED) is 0.0522. The van der Waals surface area contributed by atoms with Crippen LogP contribution >= 0.6 is 0 Å². The van der Waals surface area contributed by atoms with Gasteiger partial charge in [-0.05, 0) is 110 Å². The van der Waals surface area contributed by atoms with Crippen molar-refractivity contribution in [3.8, 4) is 0 Å². The SMILES string of the molecule is CCCCCC/C=C\C/C=C\C/C=C\CCCCC1(CCCCCCCC/C=C\C/C=C\CCCCCCC)OC2CC(N(C)C)CC2O1. The van der Waals surface area contributed by atoms with Crippen LogP contribution in [-0.4, -0.2) is 43.0 Å². The Morgan fingerprint density at radius 1 is 0.449 bits per heavy atom. The Morgan fingerprint density at radius 3 is 1.20 bits per heavy atom. The minimum atomic E-state index is -0.336. The van der Waals surface area contributed by atoms with Gasteiger partial charge in [0.05, 0.1) is 12.2 Å². The highest BCUT2D eigenvalue weighted by Crippen LogP contribution is 2.44. The van der Waals surface area contributed by atoms with Gasteiger partial charge in [0.2, 0.25) is 0 Å². The third-order valence-corrected chi connectivity index (χ3v) is 10.6. The summed E-state index contributed by atoms with van der Waals surface area (Å²) in [6, 6.07) is 0.593. The van der Waals surface area contributed by atoms with Crippen molar-refractivity contribution in [2.75, 3.05) is 14.1 Å². The Bertz CT molecular complexity index is 885. The van der Waals surface area contributed by atoms with Gasteiger partial charge in [-0.3, -0.25) is 0 Å². The van der Waals surface area contributed by atoms with Crippen LogP contribution in [0.4, 0.5) is 0 Å². The van der Waals surface area contributed by atoms with E-state index in [0.29, 0.717) is 6.04 Å². The molecule has 0 aromatic rings. The Kier molecular flexibility index (Phi) is 27.0. The predicted molar refractivity (Wildman–Crippen MR) is 216 cm³/mol. The molecule has 2 aliphatic rings. The molecule has 2 rings (SSSR count). The van der Waals surface area contributed by atoms with E-state index >= 15 is 0 Å². The lowest BCUT2D eigenvalue weighted by Gasteiger charge is -2.31. The summed E-state index contributed by atoms with van der Waals surface area (Å²) in [5.74, 6) is -0.336. The molecular formula is C46H81NO2. The van der Waals surface area contributed by atoms with Crippen molar-refractivity contribution in [2.24, 2.45) is 0 Å². The molecule has 3 heteroatoms. The van der Waals surface area contributed by atoms with Crippen molar-refractivity contribution >= 4 is 0 Å². The van der Waals surface area contributed by atoms with Gasteiger partial charge < -0.3 is 14.4 Å². The summed E-state index contributed by atoms with van der Waals surface area (Å²) in [7, 11) is 4.39. The number of fused-ring (bicyclic) bond motifs is 1. The van der Waals surface area contributed by atoms with Gasteiger partial charge in [-0.15, -0.1) is 0 Å². The zero-order valence-corrected chi connectivity index (χ0v) is 33.1. The molecule has 0 amide bonds. The molecule has 3 nitrogen and oxygen atoms in total. The number of nitrogens with zero attached hydrogens (tertiary/aromatic N) is 1. The zero-order chi connectivity index (χ0) is 35.1. The topological polar surface area (TPSA) is 21.7 Å².